The van der Waals surface area contributed by atoms with E-state index in [1.54, 1.807) is 4.90 Å². The standard InChI is InChI=1S/C11H25N3O/c1-5-14(6-2)11(15)13-10(8-12)7-9(3)4/h9-10H,5-8,12H2,1-4H3,(H,13,15). The number of carbonyl (C=O) groups is 1. The number of nitrogens with zero attached hydrogens (tertiary/aromatic N) is 1. The Balaban J connectivity index is 4.10. The highest BCUT2D eigenvalue weighted by Gasteiger charge is 2.15. The molecule has 15 heavy (non-hydrogen) atoms. The average Bonchev–Trinajstić information content (AvgIpc) is 2.17. The van der Waals surface area contributed by atoms with E-state index in [2.05, 4.69) is 19.2 Å². The van der Waals surface area contributed by atoms with Gasteiger partial charge in [-0.25, -0.2) is 4.79 Å². The van der Waals surface area contributed by atoms with Crippen LogP contribution in [0, 0.1) is 5.92 Å². The molecular weight excluding hydrogens is 190 g/mol. The second-order valence-corrected chi connectivity index (χ2v) is 4.18. The van der Waals surface area contributed by atoms with Gasteiger partial charge in [0.2, 0.25) is 0 Å². The summed E-state index contributed by atoms with van der Waals surface area (Å²) in [6, 6.07) is 0.0919. The third-order valence-electron chi connectivity index (χ3n) is 2.42. The number of rotatable bonds is 6. The van der Waals surface area contributed by atoms with Crippen LogP contribution in [0.2, 0.25) is 0 Å². The number of amides is 2. The minimum absolute atomic E-state index is 0.00361. The Hall–Kier alpha value is -0.770. The quantitative estimate of drug-likeness (QED) is 0.704. The number of carbonyl (C=O) groups excluding carboxylic acids is 1. The molecule has 4 nitrogen and oxygen atoms in total. The van der Waals surface area contributed by atoms with Crippen molar-refractivity contribution in [1.82, 2.24) is 10.2 Å². The van der Waals surface area contributed by atoms with Gasteiger partial charge in [0.15, 0.2) is 0 Å². The van der Waals surface area contributed by atoms with E-state index < -0.39 is 0 Å². The molecule has 1 unspecified atom stereocenters. The van der Waals surface area contributed by atoms with Gasteiger partial charge in [-0.3, -0.25) is 0 Å². The van der Waals surface area contributed by atoms with E-state index in [4.69, 9.17) is 5.73 Å². The lowest BCUT2D eigenvalue weighted by molar-refractivity contribution is 0.197. The maximum absolute atomic E-state index is 11.7. The molecule has 0 aromatic carbocycles. The van der Waals surface area contributed by atoms with E-state index in [-0.39, 0.29) is 12.1 Å². The van der Waals surface area contributed by atoms with Crippen molar-refractivity contribution in [3.05, 3.63) is 0 Å². The Morgan fingerprint density at radius 1 is 1.33 bits per heavy atom. The minimum atomic E-state index is -0.00361. The predicted molar refractivity (Wildman–Crippen MR) is 63.8 cm³/mol. The van der Waals surface area contributed by atoms with Gasteiger partial charge in [0.05, 0.1) is 0 Å². The Kier molecular flexibility index (Phi) is 7.13. The smallest absolute Gasteiger partial charge is 0.317 e. The molecule has 0 aliphatic carbocycles. The van der Waals surface area contributed by atoms with Gasteiger partial charge >= 0.3 is 6.03 Å². The van der Waals surface area contributed by atoms with Gasteiger partial charge in [0.25, 0.3) is 0 Å². The molecule has 0 saturated carbocycles. The maximum Gasteiger partial charge on any atom is 0.317 e. The molecule has 0 rings (SSSR count). The van der Waals surface area contributed by atoms with Gasteiger partial charge in [0, 0.05) is 25.7 Å². The molecule has 0 aliphatic heterocycles. The summed E-state index contributed by atoms with van der Waals surface area (Å²) in [4.78, 5) is 13.5. The third kappa shape index (κ3) is 5.62. The van der Waals surface area contributed by atoms with Crippen LogP contribution in [-0.4, -0.2) is 36.6 Å². The van der Waals surface area contributed by atoms with Gasteiger partial charge in [-0.1, -0.05) is 13.8 Å². The fourth-order valence-electron chi connectivity index (χ4n) is 1.56. The summed E-state index contributed by atoms with van der Waals surface area (Å²) >= 11 is 0. The second kappa shape index (κ2) is 7.51. The fourth-order valence-corrected chi connectivity index (χ4v) is 1.56. The van der Waals surface area contributed by atoms with Crippen LogP contribution in [0.4, 0.5) is 4.79 Å². The first kappa shape index (κ1) is 14.2. The van der Waals surface area contributed by atoms with E-state index in [9.17, 15) is 4.79 Å². The molecule has 0 bridgehead atoms. The fraction of sp³-hybridized carbons (Fsp3) is 0.909. The maximum atomic E-state index is 11.7. The molecule has 0 aliphatic rings. The van der Waals surface area contributed by atoms with Crippen molar-refractivity contribution in [2.24, 2.45) is 11.7 Å². The van der Waals surface area contributed by atoms with Crippen molar-refractivity contribution in [1.29, 1.82) is 0 Å². The van der Waals surface area contributed by atoms with E-state index in [1.807, 2.05) is 13.8 Å². The second-order valence-electron chi connectivity index (χ2n) is 4.18. The number of hydrogen-bond acceptors (Lipinski definition) is 2. The number of nitrogens with two attached hydrogens (primary N) is 1. The first-order chi connectivity index (χ1) is 7.04. The zero-order chi connectivity index (χ0) is 11.8. The van der Waals surface area contributed by atoms with Crippen molar-refractivity contribution in [2.75, 3.05) is 19.6 Å². The summed E-state index contributed by atoms with van der Waals surface area (Å²) in [5.41, 5.74) is 5.62. The third-order valence-corrected chi connectivity index (χ3v) is 2.42. The highest BCUT2D eigenvalue weighted by Crippen LogP contribution is 2.04. The first-order valence-corrected chi connectivity index (χ1v) is 5.80. The molecule has 1 atom stereocenters. The molecule has 0 spiro atoms. The summed E-state index contributed by atoms with van der Waals surface area (Å²) in [5, 5.41) is 2.96. The number of hydrogen-bond donors (Lipinski definition) is 2. The molecule has 0 fully saturated rings. The largest absolute Gasteiger partial charge is 0.334 e. The van der Waals surface area contributed by atoms with Crippen LogP contribution in [-0.2, 0) is 0 Å². The van der Waals surface area contributed by atoms with Crippen LogP contribution in [0.25, 0.3) is 0 Å². The van der Waals surface area contributed by atoms with Crippen molar-refractivity contribution < 1.29 is 4.79 Å². The van der Waals surface area contributed by atoms with Crippen LogP contribution in [0.15, 0.2) is 0 Å². The Bertz CT molecular complexity index is 179. The van der Waals surface area contributed by atoms with E-state index in [0.717, 1.165) is 19.5 Å². The molecule has 0 heterocycles. The molecule has 0 aromatic heterocycles. The van der Waals surface area contributed by atoms with Crippen molar-refractivity contribution in [3.8, 4) is 0 Å². The molecule has 3 N–H and O–H groups in total. The first-order valence-electron chi connectivity index (χ1n) is 5.80. The SMILES string of the molecule is CCN(CC)C(=O)NC(CN)CC(C)C. The molecular formula is C11H25N3O. The summed E-state index contributed by atoms with van der Waals surface area (Å²) in [7, 11) is 0. The van der Waals surface area contributed by atoms with Crippen molar-refractivity contribution in [2.45, 2.75) is 40.2 Å². The monoisotopic (exact) mass is 215 g/mol. The summed E-state index contributed by atoms with van der Waals surface area (Å²) < 4.78 is 0. The Morgan fingerprint density at radius 3 is 2.20 bits per heavy atom. The van der Waals surface area contributed by atoms with Crippen LogP contribution >= 0.6 is 0 Å². The lowest BCUT2D eigenvalue weighted by Crippen LogP contribution is -2.47. The minimum Gasteiger partial charge on any atom is -0.334 e. The van der Waals surface area contributed by atoms with Crippen molar-refractivity contribution >= 4 is 6.03 Å². The van der Waals surface area contributed by atoms with E-state index in [0.29, 0.717) is 12.5 Å². The topological polar surface area (TPSA) is 58.4 Å². The summed E-state index contributed by atoms with van der Waals surface area (Å²) in [6.07, 6.45) is 0.934. The Morgan fingerprint density at radius 2 is 1.87 bits per heavy atom. The molecule has 2 amide bonds. The predicted octanol–water partition coefficient (Wildman–Crippen LogP) is 1.41. The molecule has 0 aromatic rings. The van der Waals surface area contributed by atoms with E-state index >= 15 is 0 Å². The van der Waals surface area contributed by atoms with Crippen LogP contribution in [0.5, 0.6) is 0 Å². The van der Waals surface area contributed by atoms with Crippen LogP contribution in [0.3, 0.4) is 0 Å². The van der Waals surface area contributed by atoms with Gasteiger partial charge in [-0.05, 0) is 26.2 Å². The normalized spacial score (nSPS) is 12.7. The molecule has 0 saturated heterocycles. The lowest BCUT2D eigenvalue weighted by Gasteiger charge is -2.24. The van der Waals surface area contributed by atoms with Crippen LogP contribution in [0.1, 0.15) is 34.1 Å². The van der Waals surface area contributed by atoms with Gasteiger partial charge in [-0.15, -0.1) is 0 Å². The van der Waals surface area contributed by atoms with Gasteiger partial charge < -0.3 is 16.0 Å². The van der Waals surface area contributed by atoms with Gasteiger partial charge in [0.1, 0.15) is 0 Å². The van der Waals surface area contributed by atoms with E-state index in [1.165, 1.54) is 0 Å². The zero-order valence-corrected chi connectivity index (χ0v) is 10.4. The highest BCUT2D eigenvalue weighted by molar-refractivity contribution is 5.74. The van der Waals surface area contributed by atoms with Crippen LogP contribution < -0.4 is 11.1 Å². The molecule has 0 radical (unpaired) electrons. The number of nitrogens with one attached hydrogen (secondary N) is 1. The summed E-state index contributed by atoms with van der Waals surface area (Å²) in [6.45, 7) is 10.2. The molecule has 4 heteroatoms. The Labute approximate surface area is 93.2 Å². The number of urea groups is 1. The average molecular weight is 215 g/mol. The zero-order valence-electron chi connectivity index (χ0n) is 10.4. The summed E-state index contributed by atoms with van der Waals surface area (Å²) in [5.74, 6) is 0.551. The molecule has 90 valence electrons. The van der Waals surface area contributed by atoms with Gasteiger partial charge in [-0.2, -0.15) is 0 Å². The van der Waals surface area contributed by atoms with Crippen molar-refractivity contribution in [3.63, 3.8) is 0 Å². The lowest BCUT2D eigenvalue weighted by atomic mass is 10.0. The highest BCUT2D eigenvalue weighted by atomic mass is 16.2.